The van der Waals surface area contributed by atoms with Gasteiger partial charge in [0.2, 0.25) is 0 Å². The van der Waals surface area contributed by atoms with Crippen LogP contribution in [0.4, 0.5) is 5.69 Å². The fourth-order valence-corrected chi connectivity index (χ4v) is 3.58. The summed E-state index contributed by atoms with van der Waals surface area (Å²) in [5.74, 6) is 2.29. The Morgan fingerprint density at radius 1 is 1.08 bits per heavy atom. The van der Waals surface area contributed by atoms with Gasteiger partial charge in [0.1, 0.15) is 11.5 Å². The third-order valence-electron chi connectivity index (χ3n) is 4.79. The molecule has 1 aliphatic rings. The second-order valence-electron chi connectivity index (χ2n) is 7.73. The standard InChI is InChI=1S/C22H27NO/c1-16(2)23-14-13-20(22(3,4)5)19-15-18(11-12-21(19)23)24-17-9-7-6-8-10-17/h6-12,15,20H,1,13-14H2,2-5H3. The molecule has 0 fully saturated rings. The molecule has 0 saturated heterocycles. The molecule has 0 saturated carbocycles. The van der Waals surface area contributed by atoms with Crippen LogP contribution in [0.1, 0.15) is 45.6 Å². The van der Waals surface area contributed by atoms with Gasteiger partial charge in [-0.2, -0.15) is 0 Å². The zero-order chi connectivity index (χ0) is 17.3. The Labute approximate surface area is 145 Å². The fraction of sp³-hybridized carbons (Fsp3) is 0.364. The van der Waals surface area contributed by atoms with Crippen molar-refractivity contribution in [3.63, 3.8) is 0 Å². The lowest BCUT2D eigenvalue weighted by Gasteiger charge is -2.41. The van der Waals surface area contributed by atoms with Gasteiger partial charge in [-0.1, -0.05) is 45.5 Å². The van der Waals surface area contributed by atoms with E-state index in [-0.39, 0.29) is 5.41 Å². The van der Waals surface area contributed by atoms with E-state index in [1.54, 1.807) is 0 Å². The molecule has 2 heteroatoms. The molecule has 2 aromatic rings. The van der Waals surface area contributed by atoms with Gasteiger partial charge in [0.15, 0.2) is 0 Å². The van der Waals surface area contributed by atoms with Gasteiger partial charge in [0, 0.05) is 17.9 Å². The molecule has 0 amide bonds. The van der Waals surface area contributed by atoms with Crippen molar-refractivity contribution in [2.45, 2.75) is 40.0 Å². The SMILES string of the molecule is C=C(C)N1CCC(C(C)(C)C)c2cc(Oc3ccccc3)ccc21. The van der Waals surface area contributed by atoms with Gasteiger partial charge in [-0.05, 0) is 60.6 Å². The Hall–Kier alpha value is -2.22. The zero-order valence-electron chi connectivity index (χ0n) is 15.2. The van der Waals surface area contributed by atoms with Crippen LogP contribution >= 0.6 is 0 Å². The van der Waals surface area contributed by atoms with Crippen molar-refractivity contribution in [1.82, 2.24) is 0 Å². The van der Waals surface area contributed by atoms with E-state index in [2.05, 4.69) is 57.4 Å². The van der Waals surface area contributed by atoms with Gasteiger partial charge in [-0.3, -0.25) is 0 Å². The van der Waals surface area contributed by atoms with E-state index in [9.17, 15) is 0 Å². The number of nitrogens with zero attached hydrogens (tertiary/aromatic N) is 1. The molecule has 1 unspecified atom stereocenters. The minimum atomic E-state index is 0.223. The van der Waals surface area contributed by atoms with Gasteiger partial charge < -0.3 is 9.64 Å². The predicted octanol–water partition coefficient (Wildman–Crippen LogP) is 6.35. The van der Waals surface area contributed by atoms with Gasteiger partial charge >= 0.3 is 0 Å². The summed E-state index contributed by atoms with van der Waals surface area (Å²) in [4.78, 5) is 2.32. The number of rotatable bonds is 3. The summed E-state index contributed by atoms with van der Waals surface area (Å²) in [6.45, 7) is 14.2. The highest BCUT2D eigenvalue weighted by Gasteiger charge is 2.33. The summed E-state index contributed by atoms with van der Waals surface area (Å²) >= 11 is 0. The molecule has 1 aliphatic heterocycles. The lowest BCUT2D eigenvalue weighted by molar-refractivity contribution is 0.300. The first kappa shape index (κ1) is 16.6. The zero-order valence-corrected chi connectivity index (χ0v) is 15.2. The quantitative estimate of drug-likeness (QED) is 0.653. The third-order valence-corrected chi connectivity index (χ3v) is 4.79. The minimum Gasteiger partial charge on any atom is -0.457 e. The first-order valence-corrected chi connectivity index (χ1v) is 8.66. The molecule has 2 aromatic carbocycles. The molecule has 24 heavy (non-hydrogen) atoms. The van der Waals surface area contributed by atoms with Crippen molar-refractivity contribution in [1.29, 1.82) is 0 Å². The summed E-state index contributed by atoms with van der Waals surface area (Å²) < 4.78 is 6.06. The van der Waals surface area contributed by atoms with Crippen LogP contribution in [-0.4, -0.2) is 6.54 Å². The summed E-state index contributed by atoms with van der Waals surface area (Å²) in [6, 6.07) is 16.4. The monoisotopic (exact) mass is 321 g/mol. The minimum absolute atomic E-state index is 0.223. The predicted molar refractivity (Wildman–Crippen MR) is 102 cm³/mol. The number of allylic oxidation sites excluding steroid dienone is 1. The molecule has 126 valence electrons. The molecule has 0 spiro atoms. The molecular weight excluding hydrogens is 294 g/mol. The van der Waals surface area contributed by atoms with E-state index in [1.807, 2.05) is 30.3 Å². The lowest BCUT2D eigenvalue weighted by atomic mass is 9.72. The number of fused-ring (bicyclic) bond motifs is 1. The normalized spacial score (nSPS) is 17.3. The highest BCUT2D eigenvalue weighted by atomic mass is 16.5. The fourth-order valence-electron chi connectivity index (χ4n) is 3.58. The van der Waals surface area contributed by atoms with E-state index in [1.165, 1.54) is 11.3 Å². The van der Waals surface area contributed by atoms with E-state index >= 15 is 0 Å². The first-order chi connectivity index (χ1) is 11.4. The molecule has 0 radical (unpaired) electrons. The van der Waals surface area contributed by atoms with Gasteiger partial charge in [0.25, 0.3) is 0 Å². The van der Waals surface area contributed by atoms with Crippen molar-refractivity contribution in [3.05, 3.63) is 66.4 Å². The Morgan fingerprint density at radius 2 is 1.79 bits per heavy atom. The van der Waals surface area contributed by atoms with Crippen molar-refractivity contribution >= 4 is 5.69 Å². The Kier molecular flexibility index (Phi) is 4.40. The lowest BCUT2D eigenvalue weighted by Crippen LogP contribution is -2.33. The molecule has 0 N–H and O–H groups in total. The molecule has 0 aliphatic carbocycles. The van der Waals surface area contributed by atoms with Gasteiger partial charge in [-0.15, -0.1) is 0 Å². The number of anilines is 1. The van der Waals surface area contributed by atoms with Crippen LogP contribution in [0.3, 0.4) is 0 Å². The van der Waals surface area contributed by atoms with Gasteiger partial charge in [-0.25, -0.2) is 0 Å². The maximum atomic E-state index is 6.06. The maximum Gasteiger partial charge on any atom is 0.127 e. The van der Waals surface area contributed by atoms with E-state index in [0.717, 1.165) is 30.2 Å². The average Bonchev–Trinajstić information content (AvgIpc) is 2.53. The molecular formula is C22H27NO. The third kappa shape index (κ3) is 3.33. The number of benzene rings is 2. The summed E-state index contributed by atoms with van der Waals surface area (Å²) in [5.41, 5.74) is 3.96. The van der Waals surface area contributed by atoms with Crippen molar-refractivity contribution in [2.75, 3.05) is 11.4 Å². The highest BCUT2D eigenvalue weighted by molar-refractivity contribution is 5.63. The summed E-state index contributed by atoms with van der Waals surface area (Å²) in [5, 5.41) is 0. The first-order valence-electron chi connectivity index (χ1n) is 8.66. The largest absolute Gasteiger partial charge is 0.457 e. The van der Waals surface area contributed by atoms with Crippen LogP contribution in [0.25, 0.3) is 0 Å². The number of ether oxygens (including phenoxy) is 1. The van der Waals surface area contributed by atoms with E-state index < -0.39 is 0 Å². The summed E-state index contributed by atoms with van der Waals surface area (Å²) in [6.07, 6.45) is 1.14. The molecule has 0 bridgehead atoms. The Bertz CT molecular complexity index is 727. The topological polar surface area (TPSA) is 12.5 Å². The molecule has 2 nitrogen and oxygen atoms in total. The van der Waals surface area contributed by atoms with E-state index in [4.69, 9.17) is 4.74 Å². The Balaban J connectivity index is 2.01. The second-order valence-corrected chi connectivity index (χ2v) is 7.73. The van der Waals surface area contributed by atoms with Gasteiger partial charge in [0.05, 0.1) is 0 Å². The summed E-state index contributed by atoms with van der Waals surface area (Å²) in [7, 11) is 0. The maximum absolute atomic E-state index is 6.06. The van der Waals surface area contributed by atoms with Crippen LogP contribution in [-0.2, 0) is 0 Å². The van der Waals surface area contributed by atoms with Crippen LogP contribution < -0.4 is 9.64 Å². The number of para-hydroxylation sites is 1. The van der Waals surface area contributed by atoms with Crippen LogP contribution in [0.15, 0.2) is 60.8 Å². The van der Waals surface area contributed by atoms with Crippen LogP contribution in [0.5, 0.6) is 11.5 Å². The number of hydrogen-bond acceptors (Lipinski definition) is 2. The van der Waals surface area contributed by atoms with Crippen molar-refractivity contribution in [2.24, 2.45) is 5.41 Å². The number of hydrogen-bond donors (Lipinski definition) is 0. The Morgan fingerprint density at radius 3 is 2.42 bits per heavy atom. The molecule has 0 aromatic heterocycles. The van der Waals surface area contributed by atoms with Crippen molar-refractivity contribution in [3.8, 4) is 11.5 Å². The molecule has 1 atom stereocenters. The highest BCUT2D eigenvalue weighted by Crippen LogP contribution is 2.47. The molecule has 3 rings (SSSR count). The van der Waals surface area contributed by atoms with Crippen molar-refractivity contribution < 1.29 is 4.74 Å². The average molecular weight is 321 g/mol. The van der Waals surface area contributed by atoms with Crippen LogP contribution in [0, 0.1) is 5.41 Å². The van der Waals surface area contributed by atoms with E-state index in [0.29, 0.717) is 5.92 Å². The molecule has 1 heterocycles. The smallest absolute Gasteiger partial charge is 0.127 e. The second kappa shape index (κ2) is 6.35. The van der Waals surface area contributed by atoms with Crippen LogP contribution in [0.2, 0.25) is 0 Å².